The van der Waals surface area contributed by atoms with Crippen molar-refractivity contribution in [3.8, 4) is 0 Å². The molecule has 1 aliphatic carbocycles. The fraction of sp³-hybridized carbons (Fsp3) is 0.743. The molecule has 4 fully saturated rings. The molecule has 1 amide bonds. The molecule has 0 aromatic heterocycles. The minimum Gasteiger partial charge on any atom is -0.375 e. The van der Waals surface area contributed by atoms with Crippen molar-refractivity contribution in [3.05, 3.63) is 47.7 Å². The lowest BCUT2D eigenvalue weighted by molar-refractivity contribution is -0.134. The van der Waals surface area contributed by atoms with Crippen LogP contribution in [0.1, 0.15) is 108 Å². The van der Waals surface area contributed by atoms with E-state index in [0.717, 1.165) is 25.0 Å². The minimum absolute atomic E-state index is 0.123. The number of carbonyl (C=O) groups is 1. The average molecular weight is 549 g/mol. The van der Waals surface area contributed by atoms with Gasteiger partial charge in [-0.3, -0.25) is 10.2 Å². The molecule has 0 atom stereocenters. The number of allylic oxidation sites excluding steroid dienone is 1. The van der Waals surface area contributed by atoms with Gasteiger partial charge in [-0.15, -0.1) is 0 Å². The Balaban J connectivity index is 0.994. The summed E-state index contributed by atoms with van der Waals surface area (Å²) >= 11 is 0. The van der Waals surface area contributed by atoms with Gasteiger partial charge in [0.05, 0.1) is 0 Å². The minimum atomic E-state index is -0.332. The summed E-state index contributed by atoms with van der Waals surface area (Å²) in [4.78, 5) is 17.7. The van der Waals surface area contributed by atoms with E-state index in [2.05, 4.69) is 51.1 Å². The lowest BCUT2D eigenvalue weighted by Crippen LogP contribution is -2.50. The van der Waals surface area contributed by atoms with Gasteiger partial charge in [0.1, 0.15) is 0 Å². The number of aryl methyl sites for hydroxylation is 1. The number of nitrogens with zero attached hydrogens (tertiary/aromatic N) is 3. The topological polar surface area (TPSA) is 38.8 Å². The summed E-state index contributed by atoms with van der Waals surface area (Å²) < 4.78 is 0. The summed E-state index contributed by atoms with van der Waals surface area (Å²) in [6, 6.07) is 10.4. The maximum Gasteiger partial charge on any atom is 0.239 e. The van der Waals surface area contributed by atoms with Crippen molar-refractivity contribution in [1.82, 2.24) is 20.2 Å². The van der Waals surface area contributed by atoms with Gasteiger partial charge in [0.15, 0.2) is 0 Å². The molecule has 222 valence electrons. The SMILES string of the molecule is C=C(C1CCC(c2ccc(CCC3CCN(NC(=O)C(C)(C)C)CC3)cc2)CC1)N1CCC(N2CCCC2)CC1. The first-order valence-corrected chi connectivity index (χ1v) is 16.6. The number of nitrogens with one attached hydrogen (secondary N) is 1. The predicted octanol–water partition coefficient (Wildman–Crippen LogP) is 6.76. The number of piperidine rings is 2. The second kappa shape index (κ2) is 13.4. The zero-order valence-corrected chi connectivity index (χ0v) is 25.8. The fourth-order valence-electron chi connectivity index (χ4n) is 7.62. The molecule has 1 N–H and O–H groups in total. The summed E-state index contributed by atoms with van der Waals surface area (Å²) in [5, 5.41) is 2.13. The van der Waals surface area contributed by atoms with Gasteiger partial charge in [-0.2, -0.15) is 0 Å². The summed E-state index contributed by atoms with van der Waals surface area (Å²) in [5.41, 5.74) is 7.24. The molecule has 1 aromatic carbocycles. The van der Waals surface area contributed by atoms with E-state index in [1.54, 1.807) is 5.56 Å². The molecule has 3 heterocycles. The monoisotopic (exact) mass is 548 g/mol. The first-order chi connectivity index (χ1) is 19.3. The lowest BCUT2D eigenvalue weighted by atomic mass is 9.77. The molecule has 5 nitrogen and oxygen atoms in total. The normalized spacial score (nSPS) is 26.2. The largest absolute Gasteiger partial charge is 0.375 e. The smallest absolute Gasteiger partial charge is 0.239 e. The van der Waals surface area contributed by atoms with Crippen LogP contribution in [0.2, 0.25) is 0 Å². The summed E-state index contributed by atoms with van der Waals surface area (Å²) in [6.45, 7) is 17.6. The Kier molecular flexibility index (Phi) is 9.94. The van der Waals surface area contributed by atoms with Crippen LogP contribution < -0.4 is 5.43 Å². The quantitative estimate of drug-likeness (QED) is 0.390. The third kappa shape index (κ3) is 7.70. The van der Waals surface area contributed by atoms with E-state index >= 15 is 0 Å². The molecule has 0 radical (unpaired) electrons. The summed E-state index contributed by atoms with van der Waals surface area (Å²) in [7, 11) is 0. The van der Waals surface area contributed by atoms with Crippen molar-refractivity contribution in [1.29, 1.82) is 0 Å². The Morgan fingerprint density at radius 2 is 1.48 bits per heavy atom. The predicted molar refractivity (Wildman–Crippen MR) is 166 cm³/mol. The van der Waals surface area contributed by atoms with E-state index < -0.39 is 0 Å². The number of likely N-dealkylation sites (tertiary alicyclic amines) is 2. The second-order valence-corrected chi connectivity index (χ2v) is 14.4. The zero-order chi connectivity index (χ0) is 28.1. The fourth-order valence-corrected chi connectivity index (χ4v) is 7.62. The Morgan fingerprint density at radius 1 is 0.850 bits per heavy atom. The van der Waals surface area contributed by atoms with Crippen molar-refractivity contribution in [3.63, 3.8) is 0 Å². The molecule has 4 aliphatic rings. The Labute approximate surface area is 244 Å². The molecule has 0 bridgehead atoms. The Hall–Kier alpha value is -1.85. The molecule has 1 aromatic rings. The van der Waals surface area contributed by atoms with Crippen molar-refractivity contribution in [2.45, 2.75) is 110 Å². The third-order valence-corrected chi connectivity index (χ3v) is 10.6. The van der Waals surface area contributed by atoms with Gasteiger partial charge >= 0.3 is 0 Å². The molecule has 40 heavy (non-hydrogen) atoms. The first kappa shape index (κ1) is 29.6. The van der Waals surface area contributed by atoms with Crippen LogP contribution in [-0.4, -0.2) is 66.0 Å². The zero-order valence-electron chi connectivity index (χ0n) is 25.8. The standard InChI is InChI=1S/C35H56N4O/c1-27(37-23-19-33(20-24-37)38-21-5-6-22-38)30-13-15-32(16-14-30)31-11-9-28(10-12-31)7-8-29-17-25-39(26-18-29)36-34(40)35(2,3)4/h9-12,29-30,32-33H,1,5-8,13-26H2,2-4H3,(H,36,40). The first-order valence-electron chi connectivity index (χ1n) is 16.6. The molecule has 5 rings (SSSR count). The van der Waals surface area contributed by atoms with Crippen LogP contribution in [0.3, 0.4) is 0 Å². The van der Waals surface area contributed by atoms with Crippen LogP contribution in [0, 0.1) is 17.3 Å². The maximum atomic E-state index is 12.3. The molecule has 3 saturated heterocycles. The molecule has 1 saturated carbocycles. The van der Waals surface area contributed by atoms with Crippen molar-refractivity contribution >= 4 is 5.91 Å². The van der Waals surface area contributed by atoms with Crippen LogP contribution >= 0.6 is 0 Å². The summed E-state index contributed by atoms with van der Waals surface area (Å²) in [5.74, 6) is 2.29. The van der Waals surface area contributed by atoms with Gasteiger partial charge in [0.2, 0.25) is 5.91 Å². The Morgan fingerprint density at radius 3 is 2.08 bits per heavy atom. The van der Waals surface area contributed by atoms with Crippen molar-refractivity contribution in [2.24, 2.45) is 17.3 Å². The molecular formula is C35H56N4O. The highest BCUT2D eigenvalue weighted by atomic mass is 16.2. The number of amides is 1. The van der Waals surface area contributed by atoms with Crippen LogP contribution in [0.5, 0.6) is 0 Å². The number of hydrazine groups is 1. The molecule has 5 heteroatoms. The highest BCUT2D eigenvalue weighted by molar-refractivity contribution is 5.80. The number of benzene rings is 1. The molecular weight excluding hydrogens is 492 g/mol. The van der Waals surface area contributed by atoms with Crippen LogP contribution in [-0.2, 0) is 11.2 Å². The third-order valence-electron chi connectivity index (χ3n) is 10.6. The van der Waals surface area contributed by atoms with E-state index in [1.165, 1.54) is 114 Å². The van der Waals surface area contributed by atoms with E-state index in [-0.39, 0.29) is 11.3 Å². The number of hydrogen-bond acceptors (Lipinski definition) is 4. The highest BCUT2D eigenvalue weighted by Crippen LogP contribution is 2.40. The van der Waals surface area contributed by atoms with Gasteiger partial charge in [-0.05, 0) is 119 Å². The van der Waals surface area contributed by atoms with Crippen LogP contribution in [0.4, 0.5) is 0 Å². The molecule has 0 unspecified atom stereocenters. The maximum absolute atomic E-state index is 12.3. The van der Waals surface area contributed by atoms with E-state index in [1.807, 2.05) is 20.8 Å². The van der Waals surface area contributed by atoms with Crippen molar-refractivity contribution < 1.29 is 4.79 Å². The average Bonchev–Trinajstić information content (AvgIpc) is 3.52. The van der Waals surface area contributed by atoms with Gasteiger partial charge in [0.25, 0.3) is 0 Å². The van der Waals surface area contributed by atoms with Crippen molar-refractivity contribution in [2.75, 3.05) is 39.3 Å². The molecule has 0 spiro atoms. The second-order valence-electron chi connectivity index (χ2n) is 14.4. The number of carbonyl (C=O) groups excluding carboxylic acids is 1. The highest BCUT2D eigenvalue weighted by Gasteiger charge is 2.31. The number of rotatable bonds is 8. The van der Waals surface area contributed by atoms with E-state index in [9.17, 15) is 4.79 Å². The molecule has 3 aliphatic heterocycles. The Bertz CT molecular complexity index is 952. The summed E-state index contributed by atoms with van der Waals surface area (Å²) in [6.07, 6.45) is 15.4. The van der Waals surface area contributed by atoms with Gasteiger partial charge < -0.3 is 9.80 Å². The number of hydrogen-bond donors (Lipinski definition) is 1. The van der Waals surface area contributed by atoms with E-state index in [4.69, 9.17) is 0 Å². The van der Waals surface area contributed by atoms with Crippen LogP contribution in [0.15, 0.2) is 36.5 Å². The van der Waals surface area contributed by atoms with Gasteiger partial charge in [-0.1, -0.05) is 51.6 Å². The van der Waals surface area contributed by atoms with E-state index in [0.29, 0.717) is 11.8 Å². The van der Waals surface area contributed by atoms with Gasteiger partial charge in [0, 0.05) is 43.3 Å². The van der Waals surface area contributed by atoms with Crippen LogP contribution in [0.25, 0.3) is 0 Å². The van der Waals surface area contributed by atoms with Gasteiger partial charge in [-0.25, -0.2) is 5.01 Å². The lowest BCUT2D eigenvalue weighted by Gasteiger charge is -2.41.